The number of nitrogens with zero attached hydrogens (tertiary/aromatic N) is 5. The molecule has 9 heteroatoms. The van der Waals surface area contributed by atoms with Crippen molar-refractivity contribution in [3.05, 3.63) is 83.3 Å². The van der Waals surface area contributed by atoms with Gasteiger partial charge in [0.2, 0.25) is 5.95 Å². The maximum Gasteiger partial charge on any atom is 0.247 e. The third-order valence-corrected chi connectivity index (χ3v) is 6.46. The first-order valence-corrected chi connectivity index (χ1v) is 11.7. The third kappa shape index (κ3) is 4.10. The molecular formula is C26H22ClFN6O. The zero-order chi connectivity index (χ0) is 24.1. The Labute approximate surface area is 206 Å². The van der Waals surface area contributed by atoms with Gasteiger partial charge in [-0.3, -0.25) is 0 Å². The highest BCUT2D eigenvalue weighted by atomic mass is 35.5. The average molecular weight is 489 g/mol. The summed E-state index contributed by atoms with van der Waals surface area (Å²) in [6.07, 6.45) is 7.99. The second-order valence-electron chi connectivity index (χ2n) is 8.72. The molecule has 0 spiro atoms. The van der Waals surface area contributed by atoms with Crippen LogP contribution in [0.1, 0.15) is 30.0 Å². The number of hydrogen-bond acceptors (Lipinski definition) is 5. The van der Waals surface area contributed by atoms with Crippen LogP contribution in [0.3, 0.4) is 0 Å². The van der Waals surface area contributed by atoms with Gasteiger partial charge in [-0.05, 0) is 67.6 Å². The molecule has 0 unspecified atom stereocenters. The summed E-state index contributed by atoms with van der Waals surface area (Å²) in [6, 6.07) is 12.3. The molecule has 1 saturated carbocycles. The fourth-order valence-corrected chi connectivity index (χ4v) is 4.53. The van der Waals surface area contributed by atoms with Crippen LogP contribution in [0.4, 0.5) is 16.0 Å². The lowest BCUT2D eigenvalue weighted by atomic mass is 10.0. The topological polar surface area (TPSA) is 69.3 Å². The molecule has 2 aromatic carbocycles. The number of ether oxygens (including phenoxy) is 1. The molecule has 6 rings (SSSR count). The normalized spacial score (nSPS) is 13.4. The zero-order valence-electron chi connectivity index (χ0n) is 19.2. The van der Waals surface area contributed by atoms with Crippen LogP contribution in [0, 0.1) is 12.7 Å². The summed E-state index contributed by atoms with van der Waals surface area (Å²) >= 11 is 6.42. The van der Waals surface area contributed by atoms with Gasteiger partial charge < -0.3 is 14.6 Å². The molecule has 1 fully saturated rings. The van der Waals surface area contributed by atoms with Crippen molar-refractivity contribution in [2.75, 3.05) is 12.4 Å². The van der Waals surface area contributed by atoms with Gasteiger partial charge in [0.25, 0.3) is 0 Å². The Bertz CT molecular complexity index is 1570. The number of aryl methyl sites for hydroxylation is 1. The lowest BCUT2D eigenvalue weighted by Crippen LogP contribution is -1.98. The standard InChI is InChI=1S/C26H22ClFN6O/c1-15-12-33(14-29-15)23-8-6-19(11-24(23)35-2)30-26-31-25-21(20-7-5-18(28)10-22(20)27)9-17(16-3-4-16)13-34(25)32-26/h5-14,16H,3-4H2,1-2H3,(H,30,32). The molecule has 3 heterocycles. The van der Waals surface area contributed by atoms with E-state index >= 15 is 0 Å². The summed E-state index contributed by atoms with van der Waals surface area (Å²) in [4.78, 5) is 9.03. The van der Waals surface area contributed by atoms with Crippen molar-refractivity contribution in [2.45, 2.75) is 25.7 Å². The molecule has 0 bridgehead atoms. The first-order valence-electron chi connectivity index (χ1n) is 11.3. The minimum atomic E-state index is -0.375. The van der Waals surface area contributed by atoms with E-state index in [0.717, 1.165) is 41.0 Å². The second kappa shape index (κ2) is 8.39. The van der Waals surface area contributed by atoms with Crippen LogP contribution in [-0.2, 0) is 0 Å². The number of pyridine rings is 1. The SMILES string of the molecule is COc1cc(Nc2nc3c(-c4ccc(F)cc4Cl)cc(C4CC4)cn3n2)ccc1-n1cnc(C)c1. The molecule has 1 aliphatic rings. The van der Waals surface area contributed by atoms with Crippen LogP contribution in [0.5, 0.6) is 5.75 Å². The summed E-state index contributed by atoms with van der Waals surface area (Å²) in [5.41, 5.74) is 5.94. The van der Waals surface area contributed by atoms with Crippen LogP contribution < -0.4 is 10.1 Å². The van der Waals surface area contributed by atoms with E-state index in [9.17, 15) is 4.39 Å². The monoisotopic (exact) mass is 488 g/mol. The first kappa shape index (κ1) is 21.6. The summed E-state index contributed by atoms with van der Waals surface area (Å²) in [5.74, 6) is 1.25. The minimum Gasteiger partial charge on any atom is -0.494 e. The van der Waals surface area contributed by atoms with Gasteiger partial charge in [-0.25, -0.2) is 13.9 Å². The van der Waals surface area contributed by atoms with Crippen LogP contribution >= 0.6 is 11.6 Å². The molecule has 0 radical (unpaired) electrons. The lowest BCUT2D eigenvalue weighted by molar-refractivity contribution is 0.413. The van der Waals surface area contributed by atoms with E-state index in [0.29, 0.717) is 28.3 Å². The van der Waals surface area contributed by atoms with Gasteiger partial charge in [-0.2, -0.15) is 4.98 Å². The number of halogens is 2. The first-order chi connectivity index (χ1) is 17.0. The maximum atomic E-state index is 13.7. The Hall–Kier alpha value is -3.91. The van der Waals surface area contributed by atoms with Gasteiger partial charge in [0, 0.05) is 35.3 Å². The number of benzene rings is 2. The van der Waals surface area contributed by atoms with Crippen LogP contribution in [-0.4, -0.2) is 31.3 Å². The molecular weight excluding hydrogens is 467 g/mol. The highest BCUT2D eigenvalue weighted by Crippen LogP contribution is 2.42. The smallest absolute Gasteiger partial charge is 0.247 e. The lowest BCUT2D eigenvalue weighted by Gasteiger charge is -2.11. The van der Waals surface area contributed by atoms with E-state index < -0.39 is 0 Å². The predicted octanol–water partition coefficient (Wildman–Crippen LogP) is 6.31. The summed E-state index contributed by atoms with van der Waals surface area (Å²) < 4.78 is 23.0. The van der Waals surface area contributed by atoms with Crippen LogP contribution in [0.15, 0.2) is 61.2 Å². The third-order valence-electron chi connectivity index (χ3n) is 6.15. The molecule has 35 heavy (non-hydrogen) atoms. The molecule has 7 nitrogen and oxygen atoms in total. The predicted molar refractivity (Wildman–Crippen MR) is 134 cm³/mol. The fourth-order valence-electron chi connectivity index (χ4n) is 4.26. The van der Waals surface area contributed by atoms with Gasteiger partial charge in [0.15, 0.2) is 5.65 Å². The highest BCUT2D eigenvalue weighted by Gasteiger charge is 2.26. The molecule has 176 valence electrons. The van der Waals surface area contributed by atoms with Crippen molar-refractivity contribution in [2.24, 2.45) is 0 Å². The minimum absolute atomic E-state index is 0.340. The maximum absolute atomic E-state index is 13.7. The molecule has 0 saturated heterocycles. The number of imidazole rings is 1. The van der Waals surface area contributed by atoms with Crippen molar-refractivity contribution in [1.82, 2.24) is 24.1 Å². The number of fused-ring (bicyclic) bond motifs is 1. The Balaban J connectivity index is 1.39. The van der Waals surface area contributed by atoms with E-state index in [1.54, 1.807) is 24.0 Å². The molecule has 1 aliphatic carbocycles. The van der Waals surface area contributed by atoms with E-state index in [-0.39, 0.29) is 5.82 Å². The van der Waals surface area contributed by atoms with Crippen molar-refractivity contribution < 1.29 is 9.13 Å². The van der Waals surface area contributed by atoms with Gasteiger partial charge in [0.05, 0.1) is 29.8 Å². The second-order valence-corrected chi connectivity index (χ2v) is 9.13. The van der Waals surface area contributed by atoms with Crippen LogP contribution in [0.25, 0.3) is 22.5 Å². The Kier molecular flexibility index (Phi) is 5.18. The van der Waals surface area contributed by atoms with Crippen LogP contribution in [0.2, 0.25) is 5.02 Å². The number of aromatic nitrogens is 5. The van der Waals surface area contributed by atoms with Gasteiger partial charge in [-0.15, -0.1) is 5.10 Å². The largest absolute Gasteiger partial charge is 0.494 e. The average Bonchev–Trinajstić information content (AvgIpc) is 3.48. The van der Waals surface area contributed by atoms with Crippen molar-refractivity contribution in [3.63, 3.8) is 0 Å². The molecule has 0 aliphatic heterocycles. The number of hydrogen-bond donors (Lipinski definition) is 1. The van der Waals surface area contributed by atoms with Crippen molar-refractivity contribution in [1.29, 1.82) is 0 Å². The van der Waals surface area contributed by atoms with Gasteiger partial charge >= 0.3 is 0 Å². The van der Waals surface area contributed by atoms with Gasteiger partial charge in [-0.1, -0.05) is 11.6 Å². The van der Waals surface area contributed by atoms with Gasteiger partial charge in [0.1, 0.15) is 11.6 Å². The Morgan fingerprint density at radius 3 is 2.66 bits per heavy atom. The zero-order valence-corrected chi connectivity index (χ0v) is 19.9. The summed E-state index contributed by atoms with van der Waals surface area (Å²) in [5, 5.41) is 8.29. The number of anilines is 2. The van der Waals surface area contributed by atoms with E-state index in [2.05, 4.69) is 21.5 Å². The molecule has 0 amide bonds. The number of nitrogens with one attached hydrogen (secondary N) is 1. The molecule has 5 aromatic rings. The van der Waals surface area contributed by atoms with E-state index in [1.807, 2.05) is 42.1 Å². The fraction of sp³-hybridized carbons (Fsp3) is 0.192. The van der Waals surface area contributed by atoms with E-state index in [1.165, 1.54) is 17.7 Å². The van der Waals surface area contributed by atoms with Crippen molar-refractivity contribution in [3.8, 4) is 22.6 Å². The molecule has 3 aromatic heterocycles. The highest BCUT2D eigenvalue weighted by molar-refractivity contribution is 6.33. The summed E-state index contributed by atoms with van der Waals surface area (Å²) in [6.45, 7) is 1.94. The number of rotatable bonds is 6. The molecule has 0 atom stereocenters. The quantitative estimate of drug-likeness (QED) is 0.303. The number of methoxy groups -OCH3 is 1. The van der Waals surface area contributed by atoms with Crippen molar-refractivity contribution >= 4 is 28.9 Å². The van der Waals surface area contributed by atoms with E-state index in [4.69, 9.17) is 21.3 Å². The molecule has 1 N–H and O–H groups in total. The Morgan fingerprint density at radius 1 is 1.09 bits per heavy atom. The Morgan fingerprint density at radius 2 is 1.94 bits per heavy atom. The summed E-state index contributed by atoms with van der Waals surface area (Å²) in [7, 11) is 1.63.